The van der Waals surface area contributed by atoms with Crippen molar-refractivity contribution < 1.29 is 23.1 Å². The lowest BCUT2D eigenvalue weighted by molar-refractivity contribution is -0.158. The van der Waals surface area contributed by atoms with Crippen LogP contribution in [0.3, 0.4) is 0 Å². The topological polar surface area (TPSA) is 86.0 Å². The lowest BCUT2D eigenvalue weighted by atomic mass is 10.1. The molecule has 1 saturated heterocycles. The SMILES string of the molecule is Cc1cc(N2CCN(c3ccccc3)C2O)nc2c(C(=O)N[C@H](C3CC3)C(F)(F)F)cnn12. The summed E-state index contributed by atoms with van der Waals surface area (Å²) in [6.45, 7) is 2.79. The summed E-state index contributed by atoms with van der Waals surface area (Å²) in [4.78, 5) is 20.8. The smallest absolute Gasteiger partial charge is 0.356 e. The van der Waals surface area contributed by atoms with Gasteiger partial charge >= 0.3 is 6.18 Å². The van der Waals surface area contributed by atoms with Crippen LogP contribution in [0.2, 0.25) is 0 Å². The summed E-state index contributed by atoms with van der Waals surface area (Å²) in [5.74, 6) is -1.05. The average Bonchev–Trinajstić information content (AvgIpc) is 3.39. The van der Waals surface area contributed by atoms with Crippen LogP contribution in [0.15, 0.2) is 42.6 Å². The number of nitrogens with zero attached hydrogens (tertiary/aromatic N) is 5. The number of aromatic nitrogens is 3. The predicted octanol–water partition coefficient (Wildman–Crippen LogP) is 2.71. The molecular weight excluding hydrogens is 437 g/mol. The van der Waals surface area contributed by atoms with Gasteiger partial charge in [-0.25, -0.2) is 9.50 Å². The maximum absolute atomic E-state index is 13.4. The number of fused-ring (bicyclic) bond motifs is 1. The highest BCUT2D eigenvalue weighted by Crippen LogP contribution is 2.40. The molecule has 5 rings (SSSR count). The van der Waals surface area contributed by atoms with E-state index in [4.69, 9.17) is 0 Å². The van der Waals surface area contributed by atoms with E-state index in [1.54, 1.807) is 17.9 Å². The molecule has 0 bridgehead atoms. The molecule has 11 heteroatoms. The Hall–Kier alpha value is -3.34. The van der Waals surface area contributed by atoms with Crippen LogP contribution in [0.1, 0.15) is 28.9 Å². The van der Waals surface area contributed by atoms with Gasteiger partial charge in [0.05, 0.1) is 6.20 Å². The number of carbonyl (C=O) groups excluding carboxylic acids is 1. The van der Waals surface area contributed by atoms with Gasteiger partial charge in [0.1, 0.15) is 17.4 Å². The fourth-order valence-electron chi connectivity index (χ4n) is 4.25. The van der Waals surface area contributed by atoms with Gasteiger partial charge in [0.25, 0.3) is 5.91 Å². The minimum absolute atomic E-state index is 0.0385. The average molecular weight is 460 g/mol. The number of hydrogen-bond donors (Lipinski definition) is 2. The molecule has 1 amide bonds. The summed E-state index contributed by atoms with van der Waals surface area (Å²) in [7, 11) is 0. The number of aryl methyl sites for hydroxylation is 1. The zero-order chi connectivity index (χ0) is 23.3. The van der Waals surface area contributed by atoms with Crippen LogP contribution in [0.4, 0.5) is 24.7 Å². The molecule has 2 atom stereocenters. The Morgan fingerprint density at radius 3 is 2.55 bits per heavy atom. The third-order valence-corrected chi connectivity index (χ3v) is 6.14. The minimum atomic E-state index is -4.52. The Kier molecular flexibility index (Phi) is 5.15. The van der Waals surface area contributed by atoms with E-state index in [2.05, 4.69) is 15.4 Å². The quantitative estimate of drug-likeness (QED) is 0.609. The van der Waals surface area contributed by atoms with Crippen molar-refractivity contribution in [2.24, 2.45) is 5.92 Å². The largest absolute Gasteiger partial charge is 0.408 e. The highest BCUT2D eigenvalue weighted by molar-refractivity contribution is 6.00. The summed E-state index contributed by atoms with van der Waals surface area (Å²) in [6, 6.07) is 9.28. The van der Waals surface area contributed by atoms with Gasteiger partial charge in [-0.3, -0.25) is 4.79 Å². The predicted molar refractivity (Wildman–Crippen MR) is 115 cm³/mol. The van der Waals surface area contributed by atoms with Gasteiger partial charge < -0.3 is 20.2 Å². The molecule has 1 saturated carbocycles. The zero-order valence-electron chi connectivity index (χ0n) is 17.8. The molecule has 33 heavy (non-hydrogen) atoms. The number of aliphatic hydroxyl groups is 1. The van der Waals surface area contributed by atoms with Gasteiger partial charge in [0, 0.05) is 30.5 Å². The van der Waals surface area contributed by atoms with Crippen molar-refractivity contribution in [2.45, 2.75) is 38.3 Å². The number of carbonyl (C=O) groups is 1. The van der Waals surface area contributed by atoms with E-state index in [-0.39, 0.29) is 11.2 Å². The fraction of sp³-hybridized carbons (Fsp3) is 0.409. The second-order valence-electron chi connectivity index (χ2n) is 8.45. The molecule has 1 unspecified atom stereocenters. The number of rotatable bonds is 5. The van der Waals surface area contributed by atoms with Gasteiger partial charge in [0.2, 0.25) is 6.35 Å². The van der Waals surface area contributed by atoms with Crippen molar-refractivity contribution in [3.8, 4) is 0 Å². The van der Waals surface area contributed by atoms with Crippen LogP contribution < -0.4 is 15.1 Å². The van der Waals surface area contributed by atoms with Crippen molar-refractivity contribution in [1.82, 2.24) is 19.9 Å². The summed E-state index contributed by atoms with van der Waals surface area (Å²) < 4.78 is 41.6. The van der Waals surface area contributed by atoms with Gasteiger partial charge in [-0.05, 0) is 37.8 Å². The lowest BCUT2D eigenvalue weighted by Gasteiger charge is -2.27. The van der Waals surface area contributed by atoms with Gasteiger partial charge in [-0.15, -0.1) is 0 Å². The normalized spacial score (nSPS) is 19.8. The highest BCUT2D eigenvalue weighted by atomic mass is 19.4. The van der Waals surface area contributed by atoms with Gasteiger partial charge in [0.15, 0.2) is 5.65 Å². The number of anilines is 2. The molecule has 3 aromatic rings. The van der Waals surface area contributed by atoms with Crippen molar-refractivity contribution in [3.05, 3.63) is 53.9 Å². The van der Waals surface area contributed by atoms with E-state index in [0.717, 1.165) is 5.69 Å². The summed E-state index contributed by atoms with van der Waals surface area (Å²) in [5.41, 5.74) is 1.59. The van der Waals surface area contributed by atoms with Gasteiger partial charge in [-0.2, -0.15) is 18.3 Å². The van der Waals surface area contributed by atoms with Crippen LogP contribution in [-0.2, 0) is 0 Å². The Balaban J connectivity index is 1.44. The van der Waals surface area contributed by atoms with Crippen molar-refractivity contribution in [3.63, 3.8) is 0 Å². The van der Waals surface area contributed by atoms with Crippen molar-refractivity contribution in [2.75, 3.05) is 22.9 Å². The molecule has 2 aliphatic rings. The number of para-hydroxylation sites is 1. The number of alkyl halides is 3. The molecule has 3 heterocycles. The van der Waals surface area contributed by atoms with E-state index in [0.29, 0.717) is 37.4 Å². The van der Waals surface area contributed by atoms with E-state index in [9.17, 15) is 23.1 Å². The molecule has 2 aromatic heterocycles. The van der Waals surface area contributed by atoms with Crippen molar-refractivity contribution in [1.29, 1.82) is 0 Å². The molecular formula is C22H23F3N6O2. The zero-order valence-corrected chi connectivity index (χ0v) is 17.8. The molecule has 1 aromatic carbocycles. The molecule has 174 valence electrons. The molecule has 2 fully saturated rings. The molecule has 1 aliphatic carbocycles. The third-order valence-electron chi connectivity index (χ3n) is 6.14. The maximum atomic E-state index is 13.4. The Morgan fingerprint density at radius 2 is 1.88 bits per heavy atom. The second-order valence-corrected chi connectivity index (χ2v) is 8.45. The molecule has 8 nitrogen and oxygen atoms in total. The maximum Gasteiger partial charge on any atom is 0.408 e. The van der Waals surface area contributed by atoms with Crippen molar-refractivity contribution >= 4 is 23.1 Å². The number of halogens is 3. The minimum Gasteiger partial charge on any atom is -0.356 e. The van der Waals surface area contributed by atoms with E-state index < -0.39 is 30.4 Å². The van der Waals surface area contributed by atoms with Gasteiger partial charge in [-0.1, -0.05) is 18.2 Å². The van der Waals surface area contributed by atoms with Crippen LogP contribution in [0, 0.1) is 12.8 Å². The van der Waals surface area contributed by atoms with E-state index in [1.165, 1.54) is 10.7 Å². The summed E-state index contributed by atoms with van der Waals surface area (Å²) in [6.07, 6.45) is -3.40. The van der Waals surface area contributed by atoms with E-state index in [1.807, 2.05) is 35.2 Å². The van der Waals surface area contributed by atoms with E-state index >= 15 is 0 Å². The fourth-order valence-corrected chi connectivity index (χ4v) is 4.25. The first kappa shape index (κ1) is 21.5. The Bertz CT molecular complexity index is 1180. The summed E-state index contributed by atoms with van der Waals surface area (Å²) in [5, 5.41) is 17.2. The number of benzene rings is 1. The highest BCUT2D eigenvalue weighted by Gasteiger charge is 2.50. The van der Waals surface area contributed by atoms with Crippen LogP contribution in [-0.4, -0.2) is 57.3 Å². The Labute approximate surface area is 187 Å². The summed E-state index contributed by atoms with van der Waals surface area (Å²) >= 11 is 0. The van der Waals surface area contributed by atoms with Crippen LogP contribution in [0.25, 0.3) is 5.65 Å². The first-order valence-electron chi connectivity index (χ1n) is 10.7. The number of hydrogen-bond acceptors (Lipinski definition) is 6. The van der Waals surface area contributed by atoms with Crippen LogP contribution >= 0.6 is 0 Å². The monoisotopic (exact) mass is 460 g/mol. The number of nitrogens with one attached hydrogen (secondary N) is 1. The third kappa shape index (κ3) is 3.97. The first-order valence-corrected chi connectivity index (χ1v) is 10.7. The number of amides is 1. The second kappa shape index (κ2) is 7.91. The Morgan fingerprint density at radius 1 is 1.18 bits per heavy atom. The lowest BCUT2D eigenvalue weighted by Crippen LogP contribution is -2.47. The number of aliphatic hydroxyl groups excluding tert-OH is 1. The molecule has 0 radical (unpaired) electrons. The molecule has 1 aliphatic heterocycles. The first-order chi connectivity index (χ1) is 15.7. The molecule has 2 N–H and O–H groups in total. The van der Waals surface area contributed by atoms with Crippen LogP contribution in [0.5, 0.6) is 0 Å². The standard InChI is InChI=1S/C22H23F3N6O2/c1-13-11-17(30-10-9-29(21(30)33)15-5-3-2-4-6-15)27-19-16(12-26-31(13)19)20(32)28-18(14-7-8-14)22(23,24)25/h2-6,11-12,14,18,21,33H,7-10H2,1H3,(H,28,32)/t18-,21?/m1/s1. The molecule has 0 spiro atoms.